The number of amides is 1. The van der Waals surface area contributed by atoms with Crippen molar-refractivity contribution >= 4 is 35.0 Å². The van der Waals surface area contributed by atoms with Gasteiger partial charge in [-0.2, -0.15) is 0 Å². The Balaban J connectivity index is 1.94. The van der Waals surface area contributed by atoms with E-state index in [1.165, 1.54) is 42.5 Å². The molecule has 0 radical (unpaired) electrons. The molecule has 0 aromatic heterocycles. The van der Waals surface area contributed by atoms with Gasteiger partial charge >= 0.3 is 12.1 Å². The Bertz CT molecular complexity index is 1220. The number of methoxy groups -OCH3 is 1. The molecule has 0 saturated carbocycles. The number of rotatable bonds is 6. The molecular weight excluding hydrogens is 462 g/mol. The molecule has 0 heterocycles. The van der Waals surface area contributed by atoms with Crippen molar-refractivity contribution in [2.75, 3.05) is 12.0 Å². The predicted octanol–water partition coefficient (Wildman–Crippen LogP) is 5.52. The minimum Gasteiger partial charge on any atom is -0.465 e. The summed E-state index contributed by atoms with van der Waals surface area (Å²) in [5.41, 5.74) is -0.610. The Morgan fingerprint density at radius 3 is 2.39 bits per heavy atom. The lowest BCUT2D eigenvalue weighted by Gasteiger charge is -2.23. The molecule has 8 nitrogen and oxygen atoms in total. The Hall–Kier alpha value is -4.05. The van der Waals surface area contributed by atoms with E-state index in [0.29, 0.717) is 0 Å². The summed E-state index contributed by atoms with van der Waals surface area (Å²) in [6, 6.07) is 12.0. The molecule has 0 unspecified atom stereocenters. The molecule has 3 aromatic rings. The molecule has 0 aliphatic heterocycles. The molecular formula is C22H15ClF2N2O6. The first-order chi connectivity index (χ1) is 15.7. The van der Waals surface area contributed by atoms with E-state index in [9.17, 15) is 28.5 Å². The highest BCUT2D eigenvalue weighted by atomic mass is 35.5. The van der Waals surface area contributed by atoms with Gasteiger partial charge in [-0.05, 0) is 36.4 Å². The lowest BCUT2D eigenvalue weighted by Crippen LogP contribution is -2.34. The van der Waals surface area contributed by atoms with Crippen molar-refractivity contribution < 1.29 is 32.8 Å². The summed E-state index contributed by atoms with van der Waals surface area (Å²) < 4.78 is 39.1. The minimum atomic E-state index is -1.10. The van der Waals surface area contributed by atoms with Crippen LogP contribution >= 0.6 is 11.6 Å². The lowest BCUT2D eigenvalue weighted by molar-refractivity contribution is -0.384. The fourth-order valence-electron chi connectivity index (χ4n) is 2.83. The zero-order valence-electron chi connectivity index (χ0n) is 17.0. The van der Waals surface area contributed by atoms with E-state index < -0.39 is 35.2 Å². The molecule has 0 aliphatic rings. The van der Waals surface area contributed by atoms with Crippen LogP contribution in [0.4, 0.5) is 25.0 Å². The molecule has 33 heavy (non-hydrogen) atoms. The standard InChI is InChI=1S/C22H15ClF2N2O6/c1-32-21(28)13-5-6-14(18(24)11-13)12-26(19-4-2-3-17(23)20(19)25)22(29)33-16-9-7-15(8-10-16)27(30)31/h2-11H,12H2,1H3. The van der Waals surface area contributed by atoms with Gasteiger partial charge in [-0.15, -0.1) is 0 Å². The Labute approximate surface area is 191 Å². The van der Waals surface area contributed by atoms with Gasteiger partial charge in [0.15, 0.2) is 5.82 Å². The first kappa shape index (κ1) is 23.6. The van der Waals surface area contributed by atoms with Gasteiger partial charge in [0.2, 0.25) is 0 Å². The number of carbonyl (C=O) groups excluding carboxylic acids is 2. The molecule has 0 bridgehead atoms. The monoisotopic (exact) mass is 476 g/mol. The highest BCUT2D eigenvalue weighted by Crippen LogP contribution is 2.29. The van der Waals surface area contributed by atoms with Gasteiger partial charge in [-0.3, -0.25) is 15.0 Å². The van der Waals surface area contributed by atoms with Crippen LogP contribution in [0.25, 0.3) is 0 Å². The molecule has 3 rings (SSSR count). The van der Waals surface area contributed by atoms with Crippen LogP contribution in [-0.2, 0) is 11.3 Å². The van der Waals surface area contributed by atoms with E-state index in [1.807, 2.05) is 0 Å². The van der Waals surface area contributed by atoms with Gasteiger partial charge in [-0.1, -0.05) is 23.7 Å². The summed E-state index contributed by atoms with van der Waals surface area (Å²) in [5.74, 6) is -2.59. The first-order valence-corrected chi connectivity index (χ1v) is 9.63. The van der Waals surface area contributed by atoms with Gasteiger partial charge in [-0.25, -0.2) is 18.4 Å². The van der Waals surface area contributed by atoms with Crippen molar-refractivity contribution in [1.82, 2.24) is 0 Å². The molecule has 11 heteroatoms. The second-order valence-corrected chi connectivity index (χ2v) is 6.98. The molecule has 1 amide bonds. The minimum absolute atomic E-state index is 0.0484. The number of nitrogens with zero attached hydrogens (tertiary/aromatic N) is 2. The van der Waals surface area contributed by atoms with Crippen molar-refractivity contribution in [3.63, 3.8) is 0 Å². The lowest BCUT2D eigenvalue weighted by atomic mass is 10.1. The van der Waals surface area contributed by atoms with Crippen LogP contribution < -0.4 is 9.64 Å². The fourth-order valence-corrected chi connectivity index (χ4v) is 3.00. The topological polar surface area (TPSA) is 99.0 Å². The van der Waals surface area contributed by atoms with Crippen LogP contribution in [0.3, 0.4) is 0 Å². The number of carbonyl (C=O) groups is 2. The van der Waals surface area contributed by atoms with Crippen LogP contribution in [0, 0.1) is 21.7 Å². The number of nitro benzene ring substituents is 1. The van der Waals surface area contributed by atoms with Crippen molar-refractivity contribution in [1.29, 1.82) is 0 Å². The number of halogens is 3. The summed E-state index contributed by atoms with van der Waals surface area (Å²) in [6.45, 7) is -0.476. The summed E-state index contributed by atoms with van der Waals surface area (Å²) in [6.07, 6.45) is -1.10. The second kappa shape index (κ2) is 10.0. The predicted molar refractivity (Wildman–Crippen MR) is 114 cm³/mol. The largest absolute Gasteiger partial charge is 0.465 e. The van der Waals surface area contributed by atoms with Crippen LogP contribution in [-0.4, -0.2) is 24.1 Å². The van der Waals surface area contributed by atoms with Gasteiger partial charge in [0.1, 0.15) is 11.6 Å². The molecule has 0 saturated heterocycles. The number of ether oxygens (including phenoxy) is 2. The van der Waals surface area contributed by atoms with Crippen molar-refractivity contribution in [3.8, 4) is 5.75 Å². The number of esters is 1. The molecule has 0 fully saturated rings. The third-order valence-electron chi connectivity index (χ3n) is 4.50. The third-order valence-corrected chi connectivity index (χ3v) is 4.79. The van der Waals surface area contributed by atoms with Gasteiger partial charge in [0.05, 0.1) is 34.9 Å². The quantitative estimate of drug-likeness (QED) is 0.264. The van der Waals surface area contributed by atoms with E-state index in [4.69, 9.17) is 16.3 Å². The molecule has 170 valence electrons. The summed E-state index contributed by atoms with van der Waals surface area (Å²) in [5, 5.41) is 10.5. The van der Waals surface area contributed by atoms with Crippen LogP contribution in [0.2, 0.25) is 5.02 Å². The molecule has 0 aliphatic carbocycles. The average Bonchev–Trinajstić information content (AvgIpc) is 2.80. The summed E-state index contributed by atoms with van der Waals surface area (Å²) in [7, 11) is 1.14. The second-order valence-electron chi connectivity index (χ2n) is 6.58. The van der Waals surface area contributed by atoms with Crippen molar-refractivity contribution in [2.45, 2.75) is 6.54 Å². The van der Waals surface area contributed by atoms with Crippen LogP contribution in [0.15, 0.2) is 60.7 Å². The highest BCUT2D eigenvalue weighted by molar-refractivity contribution is 6.31. The maximum Gasteiger partial charge on any atom is 0.420 e. The fraction of sp³-hybridized carbons (Fsp3) is 0.0909. The number of non-ortho nitro benzene ring substituents is 1. The molecule has 0 spiro atoms. The van der Waals surface area contributed by atoms with Crippen molar-refractivity contribution in [3.05, 3.63) is 98.6 Å². The normalized spacial score (nSPS) is 10.4. The first-order valence-electron chi connectivity index (χ1n) is 9.25. The number of hydrogen-bond acceptors (Lipinski definition) is 6. The number of anilines is 1. The van der Waals surface area contributed by atoms with Crippen LogP contribution in [0.1, 0.15) is 15.9 Å². The average molecular weight is 477 g/mol. The maximum absolute atomic E-state index is 14.7. The zero-order valence-corrected chi connectivity index (χ0v) is 17.7. The van der Waals surface area contributed by atoms with E-state index in [1.54, 1.807) is 0 Å². The smallest absolute Gasteiger partial charge is 0.420 e. The van der Waals surface area contributed by atoms with Crippen molar-refractivity contribution in [2.24, 2.45) is 0 Å². The third kappa shape index (κ3) is 5.42. The van der Waals surface area contributed by atoms with Gasteiger partial charge in [0, 0.05) is 17.7 Å². The van der Waals surface area contributed by atoms with E-state index in [0.717, 1.165) is 30.2 Å². The summed E-state index contributed by atoms with van der Waals surface area (Å²) in [4.78, 5) is 35.5. The zero-order chi connectivity index (χ0) is 24.1. The Morgan fingerprint density at radius 2 is 1.79 bits per heavy atom. The summed E-state index contributed by atoms with van der Waals surface area (Å²) >= 11 is 5.83. The Kier molecular flexibility index (Phi) is 7.19. The SMILES string of the molecule is COC(=O)c1ccc(CN(C(=O)Oc2ccc([N+](=O)[O-])cc2)c2cccc(Cl)c2F)c(F)c1. The molecule has 0 N–H and O–H groups in total. The van der Waals surface area contributed by atoms with E-state index in [-0.39, 0.29) is 33.3 Å². The highest BCUT2D eigenvalue weighted by Gasteiger charge is 2.25. The van der Waals surface area contributed by atoms with E-state index in [2.05, 4.69) is 4.74 Å². The molecule has 0 atom stereocenters. The van der Waals surface area contributed by atoms with Crippen LogP contribution in [0.5, 0.6) is 5.75 Å². The van der Waals surface area contributed by atoms with Gasteiger partial charge in [0.25, 0.3) is 5.69 Å². The van der Waals surface area contributed by atoms with Gasteiger partial charge < -0.3 is 9.47 Å². The molecule has 3 aromatic carbocycles. The van der Waals surface area contributed by atoms with E-state index >= 15 is 0 Å². The number of benzene rings is 3. The number of hydrogen-bond donors (Lipinski definition) is 0. The number of nitro groups is 1. The Morgan fingerprint density at radius 1 is 1.09 bits per heavy atom. The maximum atomic E-state index is 14.7.